The predicted octanol–water partition coefficient (Wildman–Crippen LogP) is 1.13. The van der Waals surface area contributed by atoms with Crippen molar-refractivity contribution in [1.82, 2.24) is 0 Å². The summed E-state index contributed by atoms with van der Waals surface area (Å²) in [6, 6.07) is 0. The third-order valence-corrected chi connectivity index (χ3v) is 4.23. The minimum Gasteiger partial charge on any atom is -0.481 e. The molecule has 5 heteroatoms. The van der Waals surface area contributed by atoms with Crippen LogP contribution in [0.15, 0.2) is 12.2 Å². The summed E-state index contributed by atoms with van der Waals surface area (Å²) >= 11 is 0. The first kappa shape index (κ1) is 13.1. The second kappa shape index (κ2) is 5.10. The number of rotatable bonds is 4. The molecule has 0 aromatic rings. The molecule has 3 aliphatic rings. The van der Waals surface area contributed by atoms with Gasteiger partial charge in [0.1, 0.15) is 0 Å². The molecule has 5 nitrogen and oxygen atoms in total. The molecule has 1 fully saturated rings. The largest absolute Gasteiger partial charge is 0.481 e. The maximum absolute atomic E-state index is 11.0. The van der Waals surface area contributed by atoms with Gasteiger partial charge in [-0.3, -0.25) is 9.59 Å². The average Bonchev–Trinajstić information content (AvgIpc) is 2.60. The van der Waals surface area contributed by atoms with E-state index in [-0.39, 0.29) is 11.8 Å². The van der Waals surface area contributed by atoms with Crippen LogP contribution < -0.4 is 0 Å². The normalized spacial score (nSPS) is 32.2. The number of aliphatic carboxylic acids is 2. The lowest BCUT2D eigenvalue weighted by molar-refractivity contribution is -0.162. The van der Waals surface area contributed by atoms with E-state index in [0.717, 1.165) is 19.3 Å². The summed E-state index contributed by atoms with van der Waals surface area (Å²) < 4.78 is 0. The number of allylic oxidation sites excluding steroid dienone is 2. The van der Waals surface area contributed by atoms with E-state index in [4.69, 9.17) is 10.2 Å². The molecule has 2 bridgehead atoms. The van der Waals surface area contributed by atoms with Gasteiger partial charge in [0.05, 0.1) is 6.10 Å². The Labute approximate surface area is 105 Å². The van der Waals surface area contributed by atoms with E-state index in [2.05, 4.69) is 6.08 Å². The molecule has 3 aliphatic carbocycles. The van der Waals surface area contributed by atoms with Gasteiger partial charge < -0.3 is 15.3 Å². The molecule has 1 saturated carbocycles. The smallest absolute Gasteiger partial charge is 0.320 e. The third kappa shape index (κ3) is 2.41. The number of fused-ring (bicyclic) bond motifs is 3. The highest BCUT2D eigenvalue weighted by atomic mass is 16.4. The van der Waals surface area contributed by atoms with Gasteiger partial charge in [-0.2, -0.15) is 0 Å². The fourth-order valence-corrected chi connectivity index (χ4v) is 3.19. The first-order chi connectivity index (χ1) is 8.50. The molecule has 0 spiro atoms. The number of hydrogen-bond acceptors (Lipinski definition) is 3. The van der Waals surface area contributed by atoms with Crippen LogP contribution >= 0.6 is 0 Å². The van der Waals surface area contributed by atoms with Crippen molar-refractivity contribution in [2.75, 3.05) is 0 Å². The van der Waals surface area contributed by atoms with Crippen LogP contribution in [0.4, 0.5) is 0 Å². The Hall–Kier alpha value is -1.36. The molecule has 0 heterocycles. The molecule has 3 N–H and O–H groups in total. The van der Waals surface area contributed by atoms with E-state index in [9.17, 15) is 14.7 Å². The van der Waals surface area contributed by atoms with Gasteiger partial charge in [0.2, 0.25) is 0 Å². The summed E-state index contributed by atoms with van der Waals surface area (Å²) in [5.74, 6) is -4.28. The fraction of sp³-hybridized carbons (Fsp3) is 0.692. The number of carbonyl (C=O) groups is 2. The maximum atomic E-state index is 11.0. The summed E-state index contributed by atoms with van der Waals surface area (Å²) in [6.45, 7) is 0. The van der Waals surface area contributed by atoms with Gasteiger partial charge in [-0.25, -0.2) is 0 Å². The highest BCUT2D eigenvalue weighted by molar-refractivity contribution is 5.93. The molecular formula is C13H18O5. The van der Waals surface area contributed by atoms with Gasteiger partial charge >= 0.3 is 11.9 Å². The zero-order chi connectivity index (χ0) is 13.3. The van der Waals surface area contributed by atoms with Crippen molar-refractivity contribution in [3.05, 3.63) is 12.2 Å². The highest BCUT2D eigenvalue weighted by Crippen LogP contribution is 2.40. The van der Waals surface area contributed by atoms with Gasteiger partial charge in [0.25, 0.3) is 0 Å². The van der Waals surface area contributed by atoms with Gasteiger partial charge in [0, 0.05) is 0 Å². The molecule has 0 aromatic heterocycles. The summed E-state index contributed by atoms with van der Waals surface area (Å²) in [6.07, 6.45) is 6.39. The number of aliphatic hydroxyl groups is 1. The molecule has 4 atom stereocenters. The van der Waals surface area contributed by atoms with Crippen molar-refractivity contribution in [2.45, 2.75) is 31.8 Å². The molecule has 4 unspecified atom stereocenters. The molecule has 100 valence electrons. The van der Waals surface area contributed by atoms with E-state index in [1.165, 1.54) is 0 Å². The van der Waals surface area contributed by atoms with E-state index < -0.39 is 24.0 Å². The van der Waals surface area contributed by atoms with E-state index in [1.54, 1.807) is 0 Å². The van der Waals surface area contributed by atoms with Crippen LogP contribution in [0.5, 0.6) is 0 Å². The van der Waals surface area contributed by atoms with Crippen LogP contribution in [-0.4, -0.2) is 33.4 Å². The van der Waals surface area contributed by atoms with Crippen molar-refractivity contribution in [3.8, 4) is 0 Å². The van der Waals surface area contributed by atoms with Gasteiger partial charge in [-0.05, 0) is 43.4 Å². The summed E-state index contributed by atoms with van der Waals surface area (Å²) in [5.41, 5.74) is 0. The highest BCUT2D eigenvalue weighted by Gasteiger charge is 2.42. The predicted molar refractivity (Wildman–Crippen MR) is 62.8 cm³/mol. The molecule has 3 rings (SSSR count). The minimum absolute atomic E-state index is 0.111. The molecule has 0 aliphatic heterocycles. The SMILES string of the molecule is O=C(O)C(C(=O)O)C(O)C1CCC2C=CC1CC2. The lowest BCUT2D eigenvalue weighted by Crippen LogP contribution is -2.41. The lowest BCUT2D eigenvalue weighted by atomic mass is 9.78. The summed E-state index contributed by atoms with van der Waals surface area (Å²) in [4.78, 5) is 21.9. The lowest BCUT2D eigenvalue weighted by Gasteiger charge is -2.29. The minimum atomic E-state index is -1.72. The third-order valence-electron chi connectivity index (χ3n) is 4.23. The van der Waals surface area contributed by atoms with Crippen LogP contribution in [0.3, 0.4) is 0 Å². The van der Waals surface area contributed by atoms with Crippen molar-refractivity contribution in [2.24, 2.45) is 23.7 Å². The van der Waals surface area contributed by atoms with Gasteiger partial charge in [-0.1, -0.05) is 12.2 Å². The molecule has 18 heavy (non-hydrogen) atoms. The Morgan fingerprint density at radius 1 is 1.00 bits per heavy atom. The van der Waals surface area contributed by atoms with Crippen molar-refractivity contribution in [1.29, 1.82) is 0 Å². The number of carboxylic acid groups (broad SMARTS) is 2. The second-order valence-electron chi connectivity index (χ2n) is 5.27. The maximum Gasteiger partial charge on any atom is 0.320 e. The van der Waals surface area contributed by atoms with Gasteiger partial charge in [-0.15, -0.1) is 0 Å². The van der Waals surface area contributed by atoms with Crippen LogP contribution in [0.1, 0.15) is 25.7 Å². The Kier molecular flexibility index (Phi) is 3.71. The summed E-state index contributed by atoms with van der Waals surface area (Å²) in [7, 11) is 0. The zero-order valence-electron chi connectivity index (χ0n) is 10.0. The quantitative estimate of drug-likeness (QED) is 0.516. The number of aliphatic hydroxyl groups excluding tert-OH is 1. The van der Waals surface area contributed by atoms with Crippen LogP contribution in [0.2, 0.25) is 0 Å². The van der Waals surface area contributed by atoms with E-state index in [0.29, 0.717) is 12.3 Å². The first-order valence-electron chi connectivity index (χ1n) is 6.32. The Morgan fingerprint density at radius 3 is 2.11 bits per heavy atom. The Balaban J connectivity index is 2.17. The van der Waals surface area contributed by atoms with Gasteiger partial charge in [0.15, 0.2) is 5.92 Å². The van der Waals surface area contributed by atoms with Crippen molar-refractivity contribution < 1.29 is 24.9 Å². The van der Waals surface area contributed by atoms with E-state index >= 15 is 0 Å². The van der Waals surface area contributed by atoms with Crippen molar-refractivity contribution in [3.63, 3.8) is 0 Å². The first-order valence-corrected chi connectivity index (χ1v) is 6.32. The molecule has 0 aromatic carbocycles. The zero-order valence-corrected chi connectivity index (χ0v) is 10.0. The standard InChI is InChI=1S/C13H18O5/c14-11(10(12(15)16)13(17)18)9-6-3-7-1-4-8(9)5-2-7/h1,4,7-11,14H,2-3,5-6H2,(H,15,16)(H,17,18). The molecular weight excluding hydrogens is 236 g/mol. The van der Waals surface area contributed by atoms with Crippen molar-refractivity contribution >= 4 is 11.9 Å². The summed E-state index contributed by atoms with van der Waals surface area (Å²) in [5, 5.41) is 28.0. The molecule has 0 amide bonds. The molecule has 0 saturated heterocycles. The average molecular weight is 254 g/mol. The van der Waals surface area contributed by atoms with Crippen LogP contribution in [0, 0.1) is 23.7 Å². The molecule has 0 radical (unpaired) electrons. The monoisotopic (exact) mass is 254 g/mol. The second-order valence-corrected chi connectivity index (χ2v) is 5.27. The number of hydrogen-bond donors (Lipinski definition) is 3. The van der Waals surface area contributed by atoms with E-state index in [1.807, 2.05) is 6.08 Å². The Morgan fingerprint density at radius 2 is 1.61 bits per heavy atom. The van der Waals surface area contributed by atoms with Crippen LogP contribution in [0.25, 0.3) is 0 Å². The topological polar surface area (TPSA) is 94.8 Å². The van der Waals surface area contributed by atoms with Crippen LogP contribution in [-0.2, 0) is 9.59 Å². The Bertz CT molecular complexity index is 362. The number of carboxylic acids is 2. The fourth-order valence-electron chi connectivity index (χ4n) is 3.19.